The SMILES string of the molecule is COCCC(=O)N1CCc2nc(-c3ccncc3)nc(Nc3cccc(F)c3)c2C1. The normalized spacial score (nSPS) is 13.1. The minimum absolute atomic E-state index is 0.0254. The molecule has 0 saturated carbocycles. The zero-order valence-electron chi connectivity index (χ0n) is 16.6. The van der Waals surface area contributed by atoms with Gasteiger partial charge in [0.25, 0.3) is 0 Å². The predicted octanol–water partition coefficient (Wildman–Crippen LogP) is 3.34. The van der Waals surface area contributed by atoms with Crippen LogP contribution in [0.3, 0.4) is 0 Å². The van der Waals surface area contributed by atoms with Gasteiger partial charge in [-0.15, -0.1) is 0 Å². The summed E-state index contributed by atoms with van der Waals surface area (Å²) < 4.78 is 18.7. The lowest BCUT2D eigenvalue weighted by Gasteiger charge is -2.30. The van der Waals surface area contributed by atoms with Crippen LogP contribution in [0.5, 0.6) is 0 Å². The Hall–Kier alpha value is -3.39. The summed E-state index contributed by atoms with van der Waals surface area (Å²) in [5, 5.41) is 3.22. The Bertz CT molecular complexity index is 1040. The number of nitrogens with zero attached hydrogens (tertiary/aromatic N) is 4. The van der Waals surface area contributed by atoms with E-state index in [0.29, 0.717) is 49.9 Å². The van der Waals surface area contributed by atoms with E-state index in [4.69, 9.17) is 14.7 Å². The van der Waals surface area contributed by atoms with Crippen LogP contribution in [-0.4, -0.2) is 46.0 Å². The third kappa shape index (κ3) is 4.44. The van der Waals surface area contributed by atoms with Crippen molar-refractivity contribution in [1.29, 1.82) is 0 Å². The molecule has 30 heavy (non-hydrogen) atoms. The maximum absolute atomic E-state index is 13.7. The zero-order chi connectivity index (χ0) is 20.9. The summed E-state index contributed by atoms with van der Waals surface area (Å²) in [4.78, 5) is 27.8. The van der Waals surface area contributed by atoms with Gasteiger partial charge in [0.2, 0.25) is 5.91 Å². The molecule has 1 aliphatic heterocycles. The van der Waals surface area contributed by atoms with Crippen molar-refractivity contribution in [3.8, 4) is 11.4 Å². The number of aromatic nitrogens is 3. The number of amides is 1. The molecule has 154 valence electrons. The Morgan fingerprint density at radius 3 is 2.83 bits per heavy atom. The monoisotopic (exact) mass is 407 g/mol. The van der Waals surface area contributed by atoms with Crippen molar-refractivity contribution in [3.63, 3.8) is 0 Å². The highest BCUT2D eigenvalue weighted by molar-refractivity contribution is 5.77. The van der Waals surface area contributed by atoms with Gasteiger partial charge in [0.05, 0.1) is 25.3 Å². The Morgan fingerprint density at radius 2 is 2.07 bits per heavy atom. The first-order chi connectivity index (χ1) is 14.6. The molecule has 0 radical (unpaired) electrons. The Kier molecular flexibility index (Phi) is 5.94. The van der Waals surface area contributed by atoms with Crippen molar-refractivity contribution in [3.05, 3.63) is 65.9 Å². The van der Waals surface area contributed by atoms with Crippen LogP contribution >= 0.6 is 0 Å². The fourth-order valence-electron chi connectivity index (χ4n) is 3.41. The number of carbonyl (C=O) groups is 1. The quantitative estimate of drug-likeness (QED) is 0.675. The van der Waals surface area contributed by atoms with Gasteiger partial charge in [0.15, 0.2) is 5.82 Å². The number of ether oxygens (including phenoxy) is 1. The second-order valence-corrected chi connectivity index (χ2v) is 7.00. The van der Waals surface area contributed by atoms with E-state index in [1.165, 1.54) is 12.1 Å². The van der Waals surface area contributed by atoms with Gasteiger partial charge < -0.3 is 15.0 Å². The van der Waals surface area contributed by atoms with E-state index in [0.717, 1.165) is 16.8 Å². The number of hydrogen-bond donors (Lipinski definition) is 1. The number of pyridine rings is 1. The average molecular weight is 407 g/mol. The van der Waals surface area contributed by atoms with Gasteiger partial charge in [0, 0.05) is 49.3 Å². The van der Waals surface area contributed by atoms with Crippen LogP contribution < -0.4 is 5.32 Å². The largest absolute Gasteiger partial charge is 0.384 e. The third-order valence-electron chi connectivity index (χ3n) is 4.96. The molecule has 4 rings (SSSR count). The molecule has 0 spiro atoms. The molecule has 0 atom stereocenters. The molecule has 0 aliphatic carbocycles. The second-order valence-electron chi connectivity index (χ2n) is 7.00. The van der Waals surface area contributed by atoms with Gasteiger partial charge in [-0.25, -0.2) is 14.4 Å². The first-order valence-corrected chi connectivity index (χ1v) is 9.73. The average Bonchev–Trinajstić information content (AvgIpc) is 2.77. The number of benzene rings is 1. The van der Waals surface area contributed by atoms with E-state index < -0.39 is 0 Å². The smallest absolute Gasteiger partial charge is 0.225 e. The van der Waals surface area contributed by atoms with E-state index in [9.17, 15) is 9.18 Å². The standard InChI is InChI=1S/C22H22FN5O2/c1-30-12-8-20(29)28-11-7-19-18(14-28)22(25-17-4-2-3-16(23)13-17)27-21(26-19)15-5-9-24-10-6-15/h2-6,9-10,13H,7-8,11-12,14H2,1H3,(H,25,26,27). The molecule has 0 unspecified atom stereocenters. The first kappa shape index (κ1) is 19.9. The molecule has 8 heteroatoms. The number of hydrogen-bond acceptors (Lipinski definition) is 6. The topological polar surface area (TPSA) is 80.2 Å². The molecular weight excluding hydrogens is 385 g/mol. The minimum Gasteiger partial charge on any atom is -0.384 e. The van der Waals surface area contributed by atoms with E-state index in [1.807, 2.05) is 12.1 Å². The molecule has 1 aromatic carbocycles. The number of carbonyl (C=O) groups excluding carboxylic acids is 1. The zero-order valence-corrected chi connectivity index (χ0v) is 16.6. The second kappa shape index (κ2) is 8.96. The number of rotatable bonds is 6. The fraction of sp³-hybridized carbons (Fsp3) is 0.273. The van der Waals surface area contributed by atoms with Crippen LogP contribution in [0, 0.1) is 5.82 Å². The van der Waals surface area contributed by atoms with Crippen molar-refractivity contribution in [2.24, 2.45) is 0 Å². The molecule has 0 fully saturated rings. The lowest BCUT2D eigenvalue weighted by atomic mass is 10.0. The predicted molar refractivity (Wildman–Crippen MR) is 111 cm³/mol. The van der Waals surface area contributed by atoms with Gasteiger partial charge >= 0.3 is 0 Å². The fourth-order valence-corrected chi connectivity index (χ4v) is 3.41. The van der Waals surface area contributed by atoms with E-state index in [1.54, 1.807) is 36.5 Å². The number of fused-ring (bicyclic) bond motifs is 1. The highest BCUT2D eigenvalue weighted by atomic mass is 19.1. The maximum Gasteiger partial charge on any atom is 0.225 e. The van der Waals surface area contributed by atoms with E-state index in [2.05, 4.69) is 10.3 Å². The minimum atomic E-state index is -0.339. The molecule has 2 aromatic heterocycles. The Morgan fingerprint density at radius 1 is 1.23 bits per heavy atom. The summed E-state index contributed by atoms with van der Waals surface area (Å²) in [5.74, 6) is 0.821. The summed E-state index contributed by atoms with van der Waals surface area (Å²) in [6.07, 6.45) is 4.32. The molecule has 0 saturated heterocycles. The van der Waals surface area contributed by atoms with Gasteiger partial charge in [0.1, 0.15) is 11.6 Å². The highest BCUT2D eigenvalue weighted by Gasteiger charge is 2.25. The third-order valence-corrected chi connectivity index (χ3v) is 4.96. The van der Waals surface area contributed by atoms with Gasteiger partial charge in [-0.1, -0.05) is 6.07 Å². The lowest BCUT2D eigenvalue weighted by molar-refractivity contribution is -0.133. The number of nitrogens with one attached hydrogen (secondary N) is 1. The van der Waals surface area contributed by atoms with E-state index >= 15 is 0 Å². The van der Waals surface area contributed by atoms with Gasteiger partial charge in [-0.2, -0.15) is 0 Å². The lowest BCUT2D eigenvalue weighted by Crippen LogP contribution is -2.37. The van der Waals surface area contributed by atoms with Crippen LogP contribution in [0.1, 0.15) is 17.7 Å². The van der Waals surface area contributed by atoms with Crippen molar-refractivity contribution in [1.82, 2.24) is 19.9 Å². The highest BCUT2D eigenvalue weighted by Crippen LogP contribution is 2.29. The number of anilines is 2. The summed E-state index contributed by atoms with van der Waals surface area (Å²) in [6, 6.07) is 9.89. The molecule has 3 heterocycles. The molecule has 1 N–H and O–H groups in total. The molecule has 1 amide bonds. The summed E-state index contributed by atoms with van der Waals surface area (Å²) in [5.41, 5.74) is 3.15. The van der Waals surface area contributed by atoms with Crippen LogP contribution in [0.15, 0.2) is 48.8 Å². The van der Waals surface area contributed by atoms with Crippen LogP contribution in [-0.2, 0) is 22.5 Å². The van der Waals surface area contributed by atoms with Crippen LogP contribution in [0.4, 0.5) is 15.9 Å². The number of halogens is 1. The Balaban J connectivity index is 1.71. The molecule has 7 nitrogen and oxygen atoms in total. The first-order valence-electron chi connectivity index (χ1n) is 9.73. The summed E-state index contributed by atoms with van der Waals surface area (Å²) >= 11 is 0. The molecule has 0 bridgehead atoms. The molecule has 3 aromatic rings. The molecular formula is C22H22FN5O2. The molecule has 1 aliphatic rings. The van der Waals surface area contributed by atoms with Crippen LogP contribution in [0.25, 0.3) is 11.4 Å². The Labute approximate surface area is 174 Å². The van der Waals surface area contributed by atoms with Crippen molar-refractivity contribution in [2.45, 2.75) is 19.4 Å². The van der Waals surface area contributed by atoms with Gasteiger partial charge in [-0.05, 0) is 30.3 Å². The van der Waals surface area contributed by atoms with Crippen molar-refractivity contribution < 1.29 is 13.9 Å². The van der Waals surface area contributed by atoms with Crippen LogP contribution in [0.2, 0.25) is 0 Å². The summed E-state index contributed by atoms with van der Waals surface area (Å²) in [7, 11) is 1.58. The maximum atomic E-state index is 13.7. The van der Waals surface area contributed by atoms with Crippen molar-refractivity contribution in [2.75, 3.05) is 25.6 Å². The number of methoxy groups -OCH3 is 1. The summed E-state index contributed by atoms with van der Waals surface area (Å²) in [6.45, 7) is 1.36. The van der Waals surface area contributed by atoms with E-state index in [-0.39, 0.29) is 11.7 Å². The van der Waals surface area contributed by atoms with Gasteiger partial charge in [-0.3, -0.25) is 9.78 Å². The van der Waals surface area contributed by atoms with Crippen molar-refractivity contribution >= 4 is 17.4 Å².